The van der Waals surface area contributed by atoms with Crippen LogP contribution >= 0.6 is 0 Å². The predicted octanol–water partition coefficient (Wildman–Crippen LogP) is 1.34. The number of carbonyl (C=O) groups is 1. The zero-order chi connectivity index (χ0) is 10.3. The van der Waals surface area contributed by atoms with Gasteiger partial charge in [-0.1, -0.05) is 13.3 Å². The summed E-state index contributed by atoms with van der Waals surface area (Å²) >= 11 is 0. The highest BCUT2D eigenvalue weighted by atomic mass is 16.2. The number of carbonyl (C=O) groups excluding carboxylic acids is 1. The quantitative estimate of drug-likeness (QED) is 0.669. The van der Waals surface area contributed by atoms with E-state index in [1.165, 1.54) is 4.90 Å². The molecule has 0 aromatic carbocycles. The lowest BCUT2D eigenvalue weighted by Crippen LogP contribution is -2.42. The fourth-order valence-corrected chi connectivity index (χ4v) is 0.759. The summed E-state index contributed by atoms with van der Waals surface area (Å²) in [5, 5.41) is 11.3. The van der Waals surface area contributed by atoms with Crippen molar-refractivity contribution in [2.45, 2.75) is 32.7 Å². The highest BCUT2D eigenvalue weighted by Gasteiger charge is 2.13. The van der Waals surface area contributed by atoms with Gasteiger partial charge in [0.25, 0.3) is 0 Å². The van der Waals surface area contributed by atoms with Gasteiger partial charge < -0.3 is 10.2 Å². The second kappa shape index (κ2) is 6.30. The molecule has 0 aromatic heterocycles. The summed E-state index contributed by atoms with van der Waals surface area (Å²) in [7, 11) is 1.62. The van der Waals surface area contributed by atoms with E-state index in [4.69, 9.17) is 5.26 Å². The van der Waals surface area contributed by atoms with Crippen molar-refractivity contribution in [3.05, 3.63) is 0 Å². The molecule has 0 saturated heterocycles. The van der Waals surface area contributed by atoms with Crippen molar-refractivity contribution < 1.29 is 4.79 Å². The van der Waals surface area contributed by atoms with Gasteiger partial charge in [0.2, 0.25) is 0 Å². The van der Waals surface area contributed by atoms with Crippen molar-refractivity contribution in [1.29, 1.82) is 5.26 Å². The maximum absolute atomic E-state index is 11.3. The van der Waals surface area contributed by atoms with Gasteiger partial charge in [0, 0.05) is 13.6 Å². The number of urea groups is 1. The summed E-state index contributed by atoms with van der Waals surface area (Å²) in [6.07, 6.45) is 2.03. The maximum Gasteiger partial charge on any atom is 0.318 e. The van der Waals surface area contributed by atoms with Crippen molar-refractivity contribution >= 4 is 6.03 Å². The average molecular weight is 183 g/mol. The van der Waals surface area contributed by atoms with Gasteiger partial charge in [-0.05, 0) is 13.3 Å². The van der Waals surface area contributed by atoms with Crippen molar-refractivity contribution in [3.63, 3.8) is 0 Å². The van der Waals surface area contributed by atoms with E-state index < -0.39 is 0 Å². The summed E-state index contributed by atoms with van der Waals surface area (Å²) in [5.74, 6) is 0. The average Bonchev–Trinajstić information content (AvgIpc) is 2.15. The minimum atomic E-state index is -0.373. The molecule has 4 nitrogen and oxygen atoms in total. The van der Waals surface area contributed by atoms with Gasteiger partial charge in [0.05, 0.1) is 6.07 Å². The van der Waals surface area contributed by atoms with Gasteiger partial charge in [-0.15, -0.1) is 0 Å². The molecule has 1 unspecified atom stereocenters. The van der Waals surface area contributed by atoms with Gasteiger partial charge >= 0.3 is 6.03 Å². The third-order valence-corrected chi connectivity index (χ3v) is 1.89. The minimum Gasteiger partial charge on any atom is -0.338 e. The number of nitrogens with zero attached hydrogens (tertiary/aromatic N) is 2. The van der Waals surface area contributed by atoms with E-state index in [-0.39, 0.29) is 12.1 Å². The second-order valence-corrected chi connectivity index (χ2v) is 3.00. The molecule has 2 amide bonds. The van der Waals surface area contributed by atoms with Crippen LogP contribution in [0.1, 0.15) is 26.7 Å². The van der Waals surface area contributed by atoms with Gasteiger partial charge in [-0.2, -0.15) is 5.26 Å². The molecule has 0 aliphatic carbocycles. The zero-order valence-electron chi connectivity index (χ0n) is 8.50. The van der Waals surface area contributed by atoms with E-state index in [1.54, 1.807) is 14.0 Å². The molecule has 13 heavy (non-hydrogen) atoms. The van der Waals surface area contributed by atoms with Crippen LogP contribution in [0.15, 0.2) is 0 Å². The molecule has 0 saturated carbocycles. The third kappa shape index (κ3) is 4.36. The fourth-order valence-electron chi connectivity index (χ4n) is 0.759. The molecule has 1 N–H and O–H groups in total. The molecule has 1 atom stereocenters. The Labute approximate surface area is 79.5 Å². The molecular formula is C9H17N3O. The first-order valence-corrected chi connectivity index (χ1v) is 4.53. The Morgan fingerprint density at radius 2 is 2.31 bits per heavy atom. The molecule has 0 aromatic rings. The molecule has 0 aliphatic heterocycles. The van der Waals surface area contributed by atoms with E-state index in [0.717, 1.165) is 12.8 Å². The molecule has 0 spiro atoms. The highest BCUT2D eigenvalue weighted by molar-refractivity contribution is 5.74. The topological polar surface area (TPSA) is 56.1 Å². The van der Waals surface area contributed by atoms with E-state index in [9.17, 15) is 4.79 Å². The summed E-state index contributed by atoms with van der Waals surface area (Å²) in [6, 6.07) is 1.45. The van der Waals surface area contributed by atoms with Crippen molar-refractivity contribution in [1.82, 2.24) is 10.2 Å². The summed E-state index contributed by atoms with van der Waals surface area (Å²) in [6.45, 7) is 4.44. The number of nitrogens with one attached hydrogen (secondary N) is 1. The first-order chi connectivity index (χ1) is 6.13. The van der Waals surface area contributed by atoms with E-state index >= 15 is 0 Å². The van der Waals surface area contributed by atoms with E-state index in [1.807, 2.05) is 6.07 Å². The highest BCUT2D eigenvalue weighted by Crippen LogP contribution is 1.94. The lowest BCUT2D eigenvalue weighted by atomic mass is 10.3. The van der Waals surface area contributed by atoms with Crippen LogP contribution < -0.4 is 5.32 Å². The Morgan fingerprint density at radius 3 is 2.77 bits per heavy atom. The molecule has 0 radical (unpaired) electrons. The van der Waals surface area contributed by atoms with Crippen molar-refractivity contribution in [3.8, 4) is 6.07 Å². The zero-order valence-corrected chi connectivity index (χ0v) is 8.50. The Kier molecular flexibility index (Phi) is 5.69. The normalized spacial score (nSPS) is 11.5. The number of hydrogen-bond acceptors (Lipinski definition) is 2. The number of hydrogen-bond donors (Lipinski definition) is 1. The van der Waals surface area contributed by atoms with Crippen molar-refractivity contribution in [2.24, 2.45) is 0 Å². The van der Waals surface area contributed by atoms with Crippen LogP contribution in [-0.4, -0.2) is 30.6 Å². The number of unbranched alkanes of at least 4 members (excludes halogenated alkanes) is 1. The van der Waals surface area contributed by atoms with Crippen LogP contribution in [0.2, 0.25) is 0 Å². The maximum atomic E-state index is 11.3. The lowest BCUT2D eigenvalue weighted by Gasteiger charge is -2.19. The molecular weight excluding hydrogens is 166 g/mol. The van der Waals surface area contributed by atoms with Crippen molar-refractivity contribution in [2.75, 3.05) is 13.6 Å². The molecule has 0 heterocycles. The van der Waals surface area contributed by atoms with Crippen LogP contribution in [0.4, 0.5) is 4.79 Å². The monoisotopic (exact) mass is 183 g/mol. The fraction of sp³-hybridized carbons (Fsp3) is 0.778. The lowest BCUT2D eigenvalue weighted by molar-refractivity contribution is 0.203. The summed E-state index contributed by atoms with van der Waals surface area (Å²) in [4.78, 5) is 12.7. The van der Waals surface area contributed by atoms with Gasteiger partial charge in [-0.3, -0.25) is 0 Å². The second-order valence-electron chi connectivity index (χ2n) is 3.00. The molecule has 74 valence electrons. The molecule has 0 rings (SSSR count). The van der Waals surface area contributed by atoms with E-state index in [2.05, 4.69) is 12.2 Å². The van der Waals surface area contributed by atoms with Crippen LogP contribution in [0.3, 0.4) is 0 Å². The minimum absolute atomic E-state index is 0.178. The Balaban J connectivity index is 3.77. The first kappa shape index (κ1) is 11.8. The SMILES string of the molecule is CCCCNC(=O)N(C)C(C)C#N. The van der Waals surface area contributed by atoms with Gasteiger partial charge in [0.15, 0.2) is 0 Å². The molecule has 0 aliphatic rings. The number of rotatable bonds is 4. The number of amides is 2. The van der Waals surface area contributed by atoms with Gasteiger partial charge in [-0.25, -0.2) is 4.79 Å². The third-order valence-electron chi connectivity index (χ3n) is 1.89. The first-order valence-electron chi connectivity index (χ1n) is 4.53. The van der Waals surface area contributed by atoms with Crippen LogP contribution in [-0.2, 0) is 0 Å². The molecule has 0 bridgehead atoms. The molecule has 0 fully saturated rings. The smallest absolute Gasteiger partial charge is 0.318 e. The van der Waals surface area contributed by atoms with Gasteiger partial charge in [0.1, 0.15) is 6.04 Å². The van der Waals surface area contributed by atoms with Crippen LogP contribution in [0.5, 0.6) is 0 Å². The predicted molar refractivity (Wildman–Crippen MR) is 51.1 cm³/mol. The Hall–Kier alpha value is -1.24. The summed E-state index contributed by atoms with van der Waals surface area (Å²) < 4.78 is 0. The Bertz CT molecular complexity index is 198. The number of nitriles is 1. The summed E-state index contributed by atoms with van der Waals surface area (Å²) in [5.41, 5.74) is 0. The molecule has 4 heteroatoms. The standard InChI is InChI=1S/C9H17N3O/c1-4-5-6-11-9(13)12(3)8(2)7-10/h8H,4-6H2,1-3H3,(H,11,13). The van der Waals surface area contributed by atoms with Crippen LogP contribution in [0, 0.1) is 11.3 Å². The van der Waals surface area contributed by atoms with Crippen LogP contribution in [0.25, 0.3) is 0 Å². The Morgan fingerprint density at radius 1 is 1.69 bits per heavy atom. The van der Waals surface area contributed by atoms with E-state index in [0.29, 0.717) is 6.54 Å². The largest absolute Gasteiger partial charge is 0.338 e.